The molecule has 1 atom stereocenters. The third-order valence-corrected chi connectivity index (χ3v) is 3.42. The molecular formula is C16H22O2. The highest BCUT2D eigenvalue weighted by Crippen LogP contribution is 2.28. The minimum atomic E-state index is -0.384. The molecule has 0 saturated heterocycles. The molecule has 0 spiro atoms. The van der Waals surface area contributed by atoms with Crippen molar-refractivity contribution < 1.29 is 9.84 Å². The molecule has 1 aromatic rings. The summed E-state index contributed by atoms with van der Waals surface area (Å²) in [6.07, 6.45) is 7.56. The standard InChI is InChI=1S/C16H22O2/c1-2-18-15-10-8-14(9-11-15)16(17)12-13-6-4-3-5-7-13/h6,8-11,16-17H,2-5,7,12H2,1H3. The highest BCUT2D eigenvalue weighted by atomic mass is 16.5. The average Bonchev–Trinajstić information content (AvgIpc) is 2.41. The highest BCUT2D eigenvalue weighted by molar-refractivity contribution is 5.29. The zero-order valence-electron chi connectivity index (χ0n) is 11.1. The van der Waals surface area contributed by atoms with Gasteiger partial charge >= 0.3 is 0 Å². The van der Waals surface area contributed by atoms with Gasteiger partial charge in [-0.3, -0.25) is 0 Å². The SMILES string of the molecule is CCOc1ccc(C(O)CC2=CCCCC2)cc1. The van der Waals surface area contributed by atoms with Crippen molar-refractivity contribution in [2.24, 2.45) is 0 Å². The van der Waals surface area contributed by atoms with Crippen LogP contribution in [0.1, 0.15) is 50.7 Å². The van der Waals surface area contributed by atoms with Gasteiger partial charge in [0.05, 0.1) is 12.7 Å². The van der Waals surface area contributed by atoms with E-state index in [2.05, 4.69) is 6.08 Å². The van der Waals surface area contributed by atoms with Gasteiger partial charge in [0.25, 0.3) is 0 Å². The average molecular weight is 246 g/mol. The van der Waals surface area contributed by atoms with E-state index in [1.54, 1.807) is 0 Å². The first kappa shape index (κ1) is 13.2. The van der Waals surface area contributed by atoms with Gasteiger partial charge in [0.15, 0.2) is 0 Å². The Morgan fingerprint density at radius 3 is 2.61 bits per heavy atom. The molecule has 1 aliphatic carbocycles. The number of aliphatic hydroxyl groups excluding tert-OH is 1. The predicted molar refractivity (Wildman–Crippen MR) is 73.7 cm³/mol. The van der Waals surface area contributed by atoms with Crippen molar-refractivity contribution >= 4 is 0 Å². The van der Waals surface area contributed by atoms with E-state index in [1.807, 2.05) is 31.2 Å². The van der Waals surface area contributed by atoms with E-state index in [4.69, 9.17) is 4.74 Å². The van der Waals surface area contributed by atoms with Gasteiger partial charge in [-0.15, -0.1) is 0 Å². The smallest absolute Gasteiger partial charge is 0.119 e. The molecular weight excluding hydrogens is 224 g/mol. The maximum Gasteiger partial charge on any atom is 0.119 e. The molecule has 0 heterocycles. The van der Waals surface area contributed by atoms with Crippen molar-refractivity contribution in [1.29, 1.82) is 0 Å². The molecule has 0 aliphatic heterocycles. The van der Waals surface area contributed by atoms with Gasteiger partial charge in [0, 0.05) is 0 Å². The summed E-state index contributed by atoms with van der Waals surface area (Å²) in [4.78, 5) is 0. The summed E-state index contributed by atoms with van der Waals surface area (Å²) in [5, 5.41) is 10.2. The quantitative estimate of drug-likeness (QED) is 0.795. The van der Waals surface area contributed by atoms with E-state index in [0.717, 1.165) is 24.2 Å². The number of benzene rings is 1. The molecule has 1 aromatic carbocycles. The van der Waals surface area contributed by atoms with E-state index in [9.17, 15) is 5.11 Å². The summed E-state index contributed by atoms with van der Waals surface area (Å²) in [5.74, 6) is 0.866. The van der Waals surface area contributed by atoms with Crippen molar-refractivity contribution in [3.8, 4) is 5.75 Å². The largest absolute Gasteiger partial charge is 0.494 e. The van der Waals surface area contributed by atoms with Crippen molar-refractivity contribution in [2.75, 3.05) is 6.61 Å². The van der Waals surface area contributed by atoms with Crippen LogP contribution in [0.3, 0.4) is 0 Å². The molecule has 98 valence electrons. The first-order valence-corrected chi connectivity index (χ1v) is 6.88. The molecule has 0 radical (unpaired) electrons. The van der Waals surface area contributed by atoms with Gasteiger partial charge in [0.1, 0.15) is 5.75 Å². The molecule has 0 bridgehead atoms. The molecule has 1 N–H and O–H groups in total. The number of allylic oxidation sites excluding steroid dienone is 1. The minimum absolute atomic E-state index is 0.384. The van der Waals surface area contributed by atoms with Crippen LogP contribution < -0.4 is 4.74 Å². The van der Waals surface area contributed by atoms with Crippen molar-refractivity contribution in [3.05, 3.63) is 41.5 Å². The Kier molecular flexibility index (Phi) is 4.82. The van der Waals surface area contributed by atoms with Gasteiger partial charge in [-0.05, 0) is 56.7 Å². The molecule has 1 aliphatic rings. The first-order chi connectivity index (χ1) is 8.79. The Labute approximate surface area is 109 Å². The first-order valence-electron chi connectivity index (χ1n) is 6.88. The van der Waals surface area contributed by atoms with E-state index in [0.29, 0.717) is 6.61 Å². The van der Waals surface area contributed by atoms with Gasteiger partial charge < -0.3 is 9.84 Å². The third kappa shape index (κ3) is 3.61. The molecule has 2 nitrogen and oxygen atoms in total. The summed E-state index contributed by atoms with van der Waals surface area (Å²) in [5.41, 5.74) is 2.38. The van der Waals surface area contributed by atoms with Crippen LogP contribution in [0.5, 0.6) is 5.75 Å². The van der Waals surface area contributed by atoms with Crippen LogP contribution in [-0.4, -0.2) is 11.7 Å². The Morgan fingerprint density at radius 2 is 2.00 bits per heavy atom. The number of aliphatic hydroxyl groups is 1. The van der Waals surface area contributed by atoms with Crippen molar-refractivity contribution in [3.63, 3.8) is 0 Å². The van der Waals surface area contributed by atoms with Crippen molar-refractivity contribution in [2.45, 2.75) is 45.1 Å². The molecule has 0 fully saturated rings. The fraction of sp³-hybridized carbons (Fsp3) is 0.500. The van der Waals surface area contributed by atoms with Crippen LogP contribution in [0, 0.1) is 0 Å². The minimum Gasteiger partial charge on any atom is -0.494 e. The summed E-state index contributed by atoms with van der Waals surface area (Å²) >= 11 is 0. The lowest BCUT2D eigenvalue weighted by molar-refractivity contribution is 0.176. The third-order valence-electron chi connectivity index (χ3n) is 3.42. The number of hydrogen-bond acceptors (Lipinski definition) is 2. The Bertz CT molecular complexity index is 392. The molecule has 1 unspecified atom stereocenters. The van der Waals surface area contributed by atoms with Crippen molar-refractivity contribution in [1.82, 2.24) is 0 Å². The molecule has 2 heteroatoms. The van der Waals surface area contributed by atoms with Crippen LogP contribution in [0.2, 0.25) is 0 Å². The molecule has 0 aromatic heterocycles. The Balaban J connectivity index is 1.95. The normalized spacial score (nSPS) is 17.1. The van der Waals surface area contributed by atoms with E-state index >= 15 is 0 Å². The van der Waals surface area contributed by atoms with Gasteiger partial charge in [-0.25, -0.2) is 0 Å². The van der Waals surface area contributed by atoms with Crippen LogP contribution in [-0.2, 0) is 0 Å². The van der Waals surface area contributed by atoms with E-state index in [1.165, 1.54) is 24.8 Å². The second kappa shape index (κ2) is 6.60. The molecule has 2 rings (SSSR count). The lowest BCUT2D eigenvalue weighted by atomic mass is 9.93. The number of rotatable bonds is 5. The second-order valence-corrected chi connectivity index (χ2v) is 4.83. The predicted octanol–water partition coefficient (Wildman–Crippen LogP) is 4.01. The summed E-state index contributed by atoms with van der Waals surface area (Å²) in [6, 6.07) is 7.77. The topological polar surface area (TPSA) is 29.5 Å². The van der Waals surface area contributed by atoms with E-state index < -0.39 is 0 Å². The second-order valence-electron chi connectivity index (χ2n) is 4.83. The fourth-order valence-electron chi connectivity index (χ4n) is 2.41. The number of hydrogen-bond donors (Lipinski definition) is 1. The summed E-state index contributed by atoms with van der Waals surface area (Å²) in [7, 11) is 0. The summed E-state index contributed by atoms with van der Waals surface area (Å²) < 4.78 is 5.40. The molecule has 0 amide bonds. The zero-order chi connectivity index (χ0) is 12.8. The lowest BCUT2D eigenvalue weighted by Crippen LogP contribution is -2.02. The van der Waals surface area contributed by atoms with Gasteiger partial charge in [-0.1, -0.05) is 23.8 Å². The number of ether oxygens (including phenoxy) is 1. The van der Waals surface area contributed by atoms with Crippen LogP contribution in [0.4, 0.5) is 0 Å². The maximum atomic E-state index is 10.2. The highest BCUT2D eigenvalue weighted by Gasteiger charge is 2.12. The Morgan fingerprint density at radius 1 is 1.22 bits per heavy atom. The van der Waals surface area contributed by atoms with Gasteiger partial charge in [0.2, 0.25) is 0 Å². The molecule has 18 heavy (non-hydrogen) atoms. The van der Waals surface area contributed by atoms with Crippen LogP contribution in [0.25, 0.3) is 0 Å². The van der Waals surface area contributed by atoms with E-state index in [-0.39, 0.29) is 6.10 Å². The monoisotopic (exact) mass is 246 g/mol. The van der Waals surface area contributed by atoms with Crippen LogP contribution >= 0.6 is 0 Å². The maximum absolute atomic E-state index is 10.2. The lowest BCUT2D eigenvalue weighted by Gasteiger charge is -2.17. The summed E-state index contributed by atoms with van der Waals surface area (Å²) in [6.45, 7) is 2.65. The molecule has 0 saturated carbocycles. The van der Waals surface area contributed by atoms with Gasteiger partial charge in [-0.2, -0.15) is 0 Å². The van der Waals surface area contributed by atoms with Crippen LogP contribution in [0.15, 0.2) is 35.9 Å². The zero-order valence-corrected chi connectivity index (χ0v) is 11.1. The fourth-order valence-corrected chi connectivity index (χ4v) is 2.41. The Hall–Kier alpha value is -1.28.